The molecule has 0 spiro atoms. The fourth-order valence-electron chi connectivity index (χ4n) is 2.19. The van der Waals surface area contributed by atoms with Gasteiger partial charge in [-0.25, -0.2) is 4.98 Å². The number of carbonyl (C=O) groups is 1. The zero-order valence-corrected chi connectivity index (χ0v) is 14.3. The molecule has 138 valence electrons. The topological polar surface area (TPSA) is 64.4 Å². The summed E-state index contributed by atoms with van der Waals surface area (Å²) in [6.07, 6.45) is -4.54. The normalized spacial score (nSPS) is 11.8. The lowest BCUT2D eigenvalue weighted by atomic mass is 10.3. The minimum absolute atomic E-state index is 0.142. The molecule has 0 aliphatic carbocycles. The monoisotopic (exact) mass is 384 g/mol. The molecule has 0 bridgehead atoms. The van der Waals surface area contributed by atoms with Crippen LogP contribution in [-0.2, 0) is 16.1 Å². The van der Waals surface area contributed by atoms with Crippen molar-refractivity contribution in [1.82, 2.24) is 10.3 Å². The summed E-state index contributed by atoms with van der Waals surface area (Å²) in [5.41, 5.74) is 0.887. The zero-order valence-electron chi connectivity index (χ0n) is 13.5. The number of halogens is 3. The molecule has 0 saturated carbocycles. The summed E-state index contributed by atoms with van der Waals surface area (Å²) in [6, 6.07) is 11.2. The molecule has 0 aliphatic heterocycles. The van der Waals surface area contributed by atoms with E-state index in [-0.39, 0.29) is 19.6 Å². The Kier molecular flexibility index (Phi) is 5.58. The number of nitrogens with one attached hydrogen (secondary N) is 1. The van der Waals surface area contributed by atoms with E-state index < -0.39 is 18.7 Å². The van der Waals surface area contributed by atoms with Crippen LogP contribution in [0.3, 0.4) is 0 Å². The third-order valence-electron chi connectivity index (χ3n) is 3.37. The predicted molar refractivity (Wildman–Crippen MR) is 90.7 cm³/mol. The third kappa shape index (κ3) is 5.06. The predicted octanol–water partition coefficient (Wildman–Crippen LogP) is 4.14. The highest BCUT2D eigenvalue weighted by Crippen LogP contribution is 2.31. The van der Waals surface area contributed by atoms with Crippen LogP contribution in [0.4, 0.5) is 13.2 Å². The number of rotatable bonds is 7. The van der Waals surface area contributed by atoms with Crippen LogP contribution in [0, 0.1) is 0 Å². The van der Waals surface area contributed by atoms with E-state index in [1.165, 1.54) is 11.3 Å². The first-order chi connectivity index (χ1) is 12.4. The number of amides is 1. The summed E-state index contributed by atoms with van der Waals surface area (Å²) < 4.78 is 46.9. The van der Waals surface area contributed by atoms with Crippen molar-refractivity contribution in [2.75, 3.05) is 13.2 Å². The SMILES string of the molecule is O=C(CCOCC(F)(F)F)NCc1ccc(-c2nc3ccccc3s2)o1. The van der Waals surface area contributed by atoms with Crippen molar-refractivity contribution in [3.05, 3.63) is 42.2 Å². The second kappa shape index (κ2) is 7.88. The standard InChI is InChI=1S/C17H15F3N2O3S/c18-17(19,20)10-24-8-7-15(23)21-9-11-5-6-13(25-11)16-22-12-3-1-2-4-14(12)26-16/h1-6H,7-10H2,(H,21,23). The third-order valence-corrected chi connectivity index (χ3v) is 4.42. The van der Waals surface area contributed by atoms with E-state index in [4.69, 9.17) is 4.42 Å². The van der Waals surface area contributed by atoms with E-state index in [1.54, 1.807) is 12.1 Å². The maximum Gasteiger partial charge on any atom is 0.411 e. The molecule has 0 atom stereocenters. The molecule has 2 heterocycles. The van der Waals surface area contributed by atoms with Gasteiger partial charge >= 0.3 is 6.18 Å². The molecular weight excluding hydrogens is 369 g/mol. The van der Waals surface area contributed by atoms with Crippen LogP contribution in [0.2, 0.25) is 0 Å². The van der Waals surface area contributed by atoms with Gasteiger partial charge in [-0.1, -0.05) is 12.1 Å². The van der Waals surface area contributed by atoms with Gasteiger partial charge in [0.05, 0.1) is 23.4 Å². The molecule has 0 unspecified atom stereocenters. The maximum absolute atomic E-state index is 11.9. The summed E-state index contributed by atoms with van der Waals surface area (Å²) in [5.74, 6) is 0.720. The number of furan rings is 1. The van der Waals surface area contributed by atoms with Gasteiger partial charge in [0.25, 0.3) is 0 Å². The van der Waals surface area contributed by atoms with Gasteiger partial charge < -0.3 is 14.5 Å². The molecule has 3 aromatic rings. The first-order valence-corrected chi connectivity index (χ1v) is 8.58. The van der Waals surface area contributed by atoms with Crippen LogP contribution in [0.1, 0.15) is 12.2 Å². The summed E-state index contributed by atoms with van der Waals surface area (Å²) in [7, 11) is 0. The lowest BCUT2D eigenvalue weighted by Gasteiger charge is -2.07. The summed E-state index contributed by atoms with van der Waals surface area (Å²) in [5, 5.41) is 3.32. The van der Waals surface area contributed by atoms with Gasteiger partial charge in [-0.3, -0.25) is 4.79 Å². The highest BCUT2D eigenvalue weighted by Gasteiger charge is 2.27. The summed E-state index contributed by atoms with van der Waals surface area (Å²) in [4.78, 5) is 16.1. The Hall–Kier alpha value is -2.39. The molecule has 1 amide bonds. The Balaban J connectivity index is 1.48. The van der Waals surface area contributed by atoms with E-state index in [2.05, 4.69) is 15.0 Å². The minimum atomic E-state index is -4.39. The Bertz CT molecular complexity index is 856. The molecule has 0 fully saturated rings. The smallest absolute Gasteiger partial charge is 0.411 e. The van der Waals surface area contributed by atoms with Gasteiger partial charge in [0.15, 0.2) is 10.8 Å². The molecule has 9 heteroatoms. The van der Waals surface area contributed by atoms with Gasteiger partial charge in [0.1, 0.15) is 12.4 Å². The molecule has 1 N–H and O–H groups in total. The van der Waals surface area contributed by atoms with Crippen LogP contribution < -0.4 is 5.32 Å². The van der Waals surface area contributed by atoms with E-state index in [0.29, 0.717) is 11.5 Å². The second-order valence-corrected chi connectivity index (χ2v) is 6.48. The number of alkyl halides is 3. The van der Waals surface area contributed by atoms with Crippen molar-refractivity contribution in [2.45, 2.75) is 19.1 Å². The molecule has 0 saturated heterocycles. The molecule has 2 aromatic heterocycles. The van der Waals surface area contributed by atoms with Gasteiger partial charge in [0, 0.05) is 6.42 Å². The number of nitrogens with zero attached hydrogens (tertiary/aromatic N) is 1. The van der Waals surface area contributed by atoms with Gasteiger partial charge in [-0.2, -0.15) is 13.2 Å². The Morgan fingerprint density at radius 3 is 2.81 bits per heavy atom. The molecule has 1 aromatic carbocycles. The second-order valence-electron chi connectivity index (χ2n) is 5.45. The number of carbonyl (C=O) groups excluding carboxylic acids is 1. The number of hydrogen-bond donors (Lipinski definition) is 1. The zero-order chi connectivity index (χ0) is 18.6. The summed E-state index contributed by atoms with van der Waals surface area (Å²) >= 11 is 1.50. The first-order valence-electron chi connectivity index (χ1n) is 7.76. The highest BCUT2D eigenvalue weighted by molar-refractivity contribution is 7.21. The minimum Gasteiger partial charge on any atom is -0.457 e. The molecule has 5 nitrogen and oxygen atoms in total. The molecule has 0 aliphatic rings. The highest BCUT2D eigenvalue weighted by atomic mass is 32.1. The van der Waals surface area contributed by atoms with Crippen molar-refractivity contribution >= 4 is 27.5 Å². The van der Waals surface area contributed by atoms with Crippen molar-refractivity contribution in [3.8, 4) is 10.8 Å². The van der Waals surface area contributed by atoms with Crippen LogP contribution >= 0.6 is 11.3 Å². The average molecular weight is 384 g/mol. The number of ether oxygens (including phenoxy) is 1. The Labute approximate surface area is 150 Å². The van der Waals surface area contributed by atoms with E-state index in [0.717, 1.165) is 15.2 Å². The fraction of sp³-hybridized carbons (Fsp3) is 0.294. The number of hydrogen-bond acceptors (Lipinski definition) is 5. The van der Waals surface area contributed by atoms with Crippen LogP contribution in [0.25, 0.3) is 21.0 Å². The van der Waals surface area contributed by atoms with E-state index >= 15 is 0 Å². The van der Waals surface area contributed by atoms with Crippen molar-refractivity contribution < 1.29 is 27.1 Å². The van der Waals surface area contributed by atoms with Crippen LogP contribution in [0.5, 0.6) is 0 Å². The van der Waals surface area contributed by atoms with E-state index in [9.17, 15) is 18.0 Å². The van der Waals surface area contributed by atoms with Crippen LogP contribution in [0.15, 0.2) is 40.8 Å². The maximum atomic E-state index is 11.9. The van der Waals surface area contributed by atoms with E-state index in [1.807, 2.05) is 24.3 Å². The van der Waals surface area contributed by atoms with Crippen molar-refractivity contribution in [3.63, 3.8) is 0 Å². The summed E-state index contributed by atoms with van der Waals surface area (Å²) in [6.45, 7) is -1.51. The largest absolute Gasteiger partial charge is 0.457 e. The number of para-hydroxylation sites is 1. The van der Waals surface area contributed by atoms with Gasteiger partial charge in [0.2, 0.25) is 5.91 Å². The van der Waals surface area contributed by atoms with Gasteiger partial charge in [-0.15, -0.1) is 11.3 Å². The first kappa shape index (κ1) is 18.4. The molecule has 0 radical (unpaired) electrons. The van der Waals surface area contributed by atoms with Crippen molar-refractivity contribution in [2.24, 2.45) is 0 Å². The lowest BCUT2D eigenvalue weighted by Crippen LogP contribution is -2.25. The molecular formula is C17H15F3N2O3S. The van der Waals surface area contributed by atoms with Crippen molar-refractivity contribution in [1.29, 1.82) is 0 Å². The number of benzene rings is 1. The Morgan fingerprint density at radius 2 is 2.04 bits per heavy atom. The quantitative estimate of drug-likeness (QED) is 0.622. The number of fused-ring (bicyclic) bond motifs is 1. The fourth-order valence-corrected chi connectivity index (χ4v) is 3.12. The number of thiazole rings is 1. The van der Waals surface area contributed by atoms with Crippen LogP contribution in [-0.4, -0.2) is 30.3 Å². The Morgan fingerprint density at radius 1 is 1.23 bits per heavy atom. The average Bonchev–Trinajstić information content (AvgIpc) is 3.22. The molecule has 3 rings (SSSR count). The van der Waals surface area contributed by atoms with Gasteiger partial charge in [-0.05, 0) is 24.3 Å². The lowest BCUT2D eigenvalue weighted by molar-refractivity contribution is -0.174. The molecule has 26 heavy (non-hydrogen) atoms. The number of aromatic nitrogens is 1.